The van der Waals surface area contributed by atoms with Gasteiger partial charge in [0, 0.05) is 11.1 Å². The number of thiazole rings is 1. The fraction of sp³-hybridized carbons (Fsp3) is 0.125. The number of rotatable bonds is 4. The minimum absolute atomic E-state index is 0.0352. The van der Waals surface area contributed by atoms with E-state index in [1.807, 2.05) is 24.4 Å². The molecule has 0 spiro atoms. The monoisotopic (exact) mass is 350 g/mol. The van der Waals surface area contributed by atoms with Gasteiger partial charge in [-0.2, -0.15) is 0 Å². The number of furan rings is 1. The number of hydrogen-bond donors (Lipinski definition) is 1. The summed E-state index contributed by atoms with van der Waals surface area (Å²) in [5.74, 6) is 0.717. The Hall–Kier alpha value is -2.18. The number of halogens is 2. The quantitative estimate of drug-likeness (QED) is 0.743. The Balaban J connectivity index is 1.66. The molecule has 0 aliphatic heterocycles. The average molecular weight is 351 g/mol. The average Bonchev–Trinajstić information content (AvgIpc) is 3.12. The smallest absolute Gasteiger partial charge is 0.230 e. The second kappa shape index (κ2) is 6.52. The van der Waals surface area contributed by atoms with Gasteiger partial charge in [0.15, 0.2) is 10.8 Å². The van der Waals surface area contributed by atoms with Gasteiger partial charge >= 0.3 is 0 Å². The Kier molecular flexibility index (Phi) is 4.45. The highest BCUT2D eigenvalue weighted by Crippen LogP contribution is 2.26. The summed E-state index contributed by atoms with van der Waals surface area (Å²) in [5.41, 5.74) is 1.09. The first-order chi connectivity index (χ1) is 11.0. The molecule has 0 aliphatic carbocycles. The molecule has 1 amide bonds. The summed E-state index contributed by atoms with van der Waals surface area (Å²) < 4.78 is 18.6. The standard InChI is InChI=1S/C16H12ClFN2O2S/c1-9-2-5-14(22-9)16-20-11(8-23-16)7-15(21)19-10-3-4-13(18)12(17)6-10/h2-6,8H,7H2,1H3,(H,19,21). The van der Waals surface area contributed by atoms with Crippen molar-refractivity contribution in [1.29, 1.82) is 0 Å². The molecular formula is C16H12ClFN2O2S. The van der Waals surface area contributed by atoms with E-state index < -0.39 is 5.82 Å². The second-order valence-corrected chi connectivity index (χ2v) is 6.17. The lowest BCUT2D eigenvalue weighted by atomic mass is 10.2. The number of carbonyl (C=O) groups excluding carboxylic acids is 1. The molecular weight excluding hydrogens is 339 g/mol. The first kappa shape index (κ1) is 15.7. The van der Waals surface area contributed by atoms with Gasteiger partial charge in [-0.1, -0.05) is 11.6 Å². The van der Waals surface area contributed by atoms with Crippen LogP contribution >= 0.6 is 22.9 Å². The van der Waals surface area contributed by atoms with Crippen molar-refractivity contribution >= 4 is 34.5 Å². The topological polar surface area (TPSA) is 55.1 Å². The number of hydrogen-bond acceptors (Lipinski definition) is 4. The van der Waals surface area contributed by atoms with E-state index in [0.717, 1.165) is 10.8 Å². The van der Waals surface area contributed by atoms with E-state index in [0.29, 0.717) is 17.1 Å². The second-order valence-electron chi connectivity index (χ2n) is 4.91. The molecule has 0 saturated heterocycles. The van der Waals surface area contributed by atoms with Crippen LogP contribution in [0.15, 0.2) is 40.1 Å². The Morgan fingerprint density at radius 1 is 1.39 bits per heavy atom. The Morgan fingerprint density at radius 2 is 2.22 bits per heavy atom. The molecule has 7 heteroatoms. The van der Waals surface area contributed by atoms with Crippen molar-refractivity contribution in [3.8, 4) is 10.8 Å². The minimum atomic E-state index is -0.525. The number of nitrogens with one attached hydrogen (secondary N) is 1. The van der Waals surface area contributed by atoms with E-state index in [1.165, 1.54) is 29.5 Å². The van der Waals surface area contributed by atoms with Crippen LogP contribution in [0, 0.1) is 12.7 Å². The van der Waals surface area contributed by atoms with Crippen LogP contribution in [0.2, 0.25) is 5.02 Å². The molecule has 1 aromatic carbocycles. The molecule has 4 nitrogen and oxygen atoms in total. The summed E-state index contributed by atoms with van der Waals surface area (Å²) in [6.07, 6.45) is 0.116. The van der Waals surface area contributed by atoms with Crippen LogP contribution in [0.3, 0.4) is 0 Å². The van der Waals surface area contributed by atoms with Crippen molar-refractivity contribution < 1.29 is 13.6 Å². The Bertz CT molecular complexity index is 859. The SMILES string of the molecule is Cc1ccc(-c2nc(CC(=O)Nc3ccc(F)c(Cl)c3)cs2)o1. The van der Waals surface area contributed by atoms with Gasteiger partial charge in [-0.05, 0) is 37.3 Å². The normalized spacial score (nSPS) is 10.7. The zero-order valence-electron chi connectivity index (χ0n) is 12.1. The summed E-state index contributed by atoms with van der Waals surface area (Å²) in [4.78, 5) is 16.4. The van der Waals surface area contributed by atoms with Gasteiger partial charge in [0.05, 0.1) is 17.1 Å². The zero-order chi connectivity index (χ0) is 16.4. The molecule has 3 aromatic rings. The van der Waals surface area contributed by atoms with Gasteiger partial charge in [-0.25, -0.2) is 9.37 Å². The molecule has 23 heavy (non-hydrogen) atoms. The van der Waals surface area contributed by atoms with E-state index in [2.05, 4.69) is 10.3 Å². The van der Waals surface area contributed by atoms with E-state index in [4.69, 9.17) is 16.0 Å². The van der Waals surface area contributed by atoms with Crippen LogP contribution in [0.5, 0.6) is 0 Å². The molecule has 0 saturated carbocycles. The summed E-state index contributed by atoms with van der Waals surface area (Å²) in [5, 5.41) is 5.16. The molecule has 3 rings (SSSR count). The number of nitrogens with zero attached hydrogens (tertiary/aromatic N) is 1. The third-order valence-electron chi connectivity index (χ3n) is 3.05. The van der Waals surface area contributed by atoms with Crippen molar-refractivity contribution in [2.45, 2.75) is 13.3 Å². The maximum absolute atomic E-state index is 13.1. The fourth-order valence-electron chi connectivity index (χ4n) is 1.99. The van der Waals surface area contributed by atoms with Gasteiger partial charge in [0.1, 0.15) is 11.6 Å². The van der Waals surface area contributed by atoms with Crippen molar-refractivity contribution in [2.24, 2.45) is 0 Å². The highest BCUT2D eigenvalue weighted by atomic mass is 35.5. The Labute approximate surface area is 140 Å². The molecule has 0 atom stereocenters. The molecule has 0 bridgehead atoms. The predicted octanol–water partition coefficient (Wildman–Crippen LogP) is 4.69. The molecule has 2 heterocycles. The molecule has 118 valence electrons. The molecule has 0 radical (unpaired) electrons. The molecule has 2 aromatic heterocycles. The van der Waals surface area contributed by atoms with Crippen LogP contribution < -0.4 is 5.32 Å². The van der Waals surface area contributed by atoms with Gasteiger partial charge in [-0.15, -0.1) is 11.3 Å². The van der Waals surface area contributed by atoms with Crippen molar-refractivity contribution in [2.75, 3.05) is 5.32 Å². The first-order valence-electron chi connectivity index (χ1n) is 6.77. The summed E-state index contributed by atoms with van der Waals surface area (Å²) in [6.45, 7) is 1.86. The number of aryl methyl sites for hydroxylation is 1. The number of benzene rings is 1. The summed E-state index contributed by atoms with van der Waals surface area (Å²) >= 11 is 7.10. The molecule has 0 fully saturated rings. The maximum atomic E-state index is 13.1. The highest BCUT2D eigenvalue weighted by Gasteiger charge is 2.12. The van der Waals surface area contributed by atoms with E-state index in [1.54, 1.807) is 0 Å². The van der Waals surface area contributed by atoms with E-state index >= 15 is 0 Å². The van der Waals surface area contributed by atoms with Gasteiger partial charge in [0.25, 0.3) is 0 Å². The van der Waals surface area contributed by atoms with Crippen LogP contribution in [0.4, 0.5) is 10.1 Å². The number of aromatic nitrogens is 1. The van der Waals surface area contributed by atoms with Crippen molar-refractivity contribution in [3.05, 3.63) is 58.0 Å². The minimum Gasteiger partial charge on any atom is -0.459 e. The van der Waals surface area contributed by atoms with Crippen molar-refractivity contribution in [3.63, 3.8) is 0 Å². The fourth-order valence-corrected chi connectivity index (χ4v) is 2.95. The molecule has 0 aliphatic rings. The van der Waals surface area contributed by atoms with E-state index in [9.17, 15) is 9.18 Å². The lowest BCUT2D eigenvalue weighted by Gasteiger charge is -2.04. The lowest BCUT2D eigenvalue weighted by molar-refractivity contribution is -0.115. The van der Waals surface area contributed by atoms with E-state index in [-0.39, 0.29) is 17.4 Å². The van der Waals surface area contributed by atoms with Gasteiger partial charge in [0.2, 0.25) is 5.91 Å². The third kappa shape index (κ3) is 3.78. The van der Waals surface area contributed by atoms with Crippen LogP contribution in [0.25, 0.3) is 10.8 Å². The highest BCUT2D eigenvalue weighted by molar-refractivity contribution is 7.13. The van der Waals surface area contributed by atoms with Crippen LogP contribution in [-0.4, -0.2) is 10.9 Å². The third-order valence-corrected chi connectivity index (χ3v) is 4.24. The predicted molar refractivity (Wildman–Crippen MR) is 88.3 cm³/mol. The largest absolute Gasteiger partial charge is 0.459 e. The summed E-state index contributed by atoms with van der Waals surface area (Å²) in [7, 11) is 0. The van der Waals surface area contributed by atoms with Crippen LogP contribution in [0.1, 0.15) is 11.5 Å². The lowest BCUT2D eigenvalue weighted by Crippen LogP contribution is -2.14. The maximum Gasteiger partial charge on any atom is 0.230 e. The van der Waals surface area contributed by atoms with Crippen LogP contribution in [-0.2, 0) is 11.2 Å². The van der Waals surface area contributed by atoms with Gasteiger partial charge < -0.3 is 9.73 Å². The molecule has 1 N–H and O–H groups in total. The summed E-state index contributed by atoms with van der Waals surface area (Å²) in [6, 6.07) is 7.74. The zero-order valence-corrected chi connectivity index (χ0v) is 13.7. The van der Waals surface area contributed by atoms with Gasteiger partial charge in [-0.3, -0.25) is 4.79 Å². The van der Waals surface area contributed by atoms with Crippen molar-refractivity contribution in [1.82, 2.24) is 4.98 Å². The first-order valence-corrected chi connectivity index (χ1v) is 8.03. The molecule has 0 unspecified atom stereocenters. The Morgan fingerprint density at radius 3 is 2.91 bits per heavy atom. The number of amides is 1. The number of carbonyl (C=O) groups is 1. The number of anilines is 1.